The third-order valence-corrected chi connectivity index (χ3v) is 6.51. The molecule has 0 unspecified atom stereocenters. The summed E-state index contributed by atoms with van der Waals surface area (Å²) < 4.78 is 7.91. The number of nitrogens with zero attached hydrogens (tertiary/aromatic N) is 4. The number of aliphatic imine (C=N–C) groups is 1. The van der Waals surface area contributed by atoms with Crippen molar-refractivity contribution in [3.63, 3.8) is 0 Å². The van der Waals surface area contributed by atoms with E-state index in [0.29, 0.717) is 33.7 Å². The average molecular weight is 544 g/mol. The highest BCUT2D eigenvalue weighted by molar-refractivity contribution is 6.30. The molecule has 0 saturated carbocycles. The Labute approximate surface area is 230 Å². The van der Waals surface area contributed by atoms with E-state index in [2.05, 4.69) is 15.5 Å². The lowest BCUT2D eigenvalue weighted by Crippen LogP contribution is -2.28. The van der Waals surface area contributed by atoms with Crippen molar-refractivity contribution >= 4 is 29.0 Å². The number of aryl methyl sites for hydroxylation is 1. The van der Waals surface area contributed by atoms with Crippen LogP contribution in [0.5, 0.6) is 11.5 Å². The Morgan fingerprint density at radius 3 is 2.62 bits per heavy atom. The lowest BCUT2D eigenvalue weighted by Gasteiger charge is -2.15. The molecule has 2 heterocycles. The minimum Gasteiger partial charge on any atom is -0.508 e. The molecule has 1 aliphatic heterocycles. The van der Waals surface area contributed by atoms with Crippen LogP contribution in [-0.4, -0.2) is 50.4 Å². The second-order valence-electron chi connectivity index (χ2n) is 9.18. The molecule has 0 saturated heterocycles. The van der Waals surface area contributed by atoms with Crippen molar-refractivity contribution in [2.24, 2.45) is 4.99 Å². The lowest BCUT2D eigenvalue weighted by atomic mass is 10.00. The first-order valence-corrected chi connectivity index (χ1v) is 12.8. The third-order valence-electron chi connectivity index (χ3n) is 6.26. The highest BCUT2D eigenvalue weighted by Crippen LogP contribution is 2.34. The number of carbonyl (C=O) groups is 2. The van der Waals surface area contributed by atoms with Crippen molar-refractivity contribution in [3.8, 4) is 17.2 Å². The van der Waals surface area contributed by atoms with E-state index in [-0.39, 0.29) is 37.0 Å². The number of carbonyl (C=O) groups excluding carboxylic acids is 2. The summed E-state index contributed by atoms with van der Waals surface area (Å²) in [7, 11) is 0. The molecule has 10 heteroatoms. The molecule has 2 N–H and O–H groups in total. The second-order valence-corrected chi connectivity index (χ2v) is 9.62. The number of hydrogen-bond donors (Lipinski definition) is 2. The maximum Gasteiger partial charge on any atom is 0.251 e. The predicted octanol–water partition coefficient (Wildman–Crippen LogP) is 4.61. The maximum absolute atomic E-state index is 12.4. The van der Waals surface area contributed by atoms with Crippen LogP contribution in [0, 0.1) is 6.92 Å². The Morgan fingerprint density at radius 2 is 1.87 bits per heavy atom. The van der Waals surface area contributed by atoms with E-state index in [0.717, 1.165) is 16.8 Å². The number of amides is 1. The van der Waals surface area contributed by atoms with Gasteiger partial charge < -0.3 is 15.2 Å². The second kappa shape index (κ2) is 11.1. The van der Waals surface area contributed by atoms with Gasteiger partial charge in [0.1, 0.15) is 35.8 Å². The van der Waals surface area contributed by atoms with Crippen LogP contribution in [0.3, 0.4) is 0 Å². The SMILES string of the molecule is CC(=O)C[C@@H]1N=C(c2ccc(Cl)cc2)c2cc(OCCNC(=O)c3cccc(O)c3)ccc2-n2c(C)nnc21. The molecule has 0 fully saturated rings. The fourth-order valence-electron chi connectivity index (χ4n) is 4.49. The highest BCUT2D eigenvalue weighted by Gasteiger charge is 2.29. The number of halogens is 1. The van der Waals surface area contributed by atoms with Gasteiger partial charge in [-0.25, -0.2) is 0 Å². The number of aromatic hydroxyl groups is 1. The summed E-state index contributed by atoms with van der Waals surface area (Å²) in [6.45, 7) is 3.88. The summed E-state index contributed by atoms with van der Waals surface area (Å²) in [6, 6.07) is 18.6. The first-order valence-electron chi connectivity index (χ1n) is 12.4. The van der Waals surface area contributed by atoms with Gasteiger partial charge in [0.25, 0.3) is 5.91 Å². The Bertz CT molecular complexity index is 1580. The number of hydrogen-bond acceptors (Lipinski definition) is 7. The first-order chi connectivity index (χ1) is 18.8. The van der Waals surface area contributed by atoms with Crippen LogP contribution in [0.15, 0.2) is 71.7 Å². The van der Waals surface area contributed by atoms with Gasteiger partial charge in [-0.3, -0.25) is 19.1 Å². The molecule has 198 valence electrons. The molecule has 0 spiro atoms. The van der Waals surface area contributed by atoms with Gasteiger partial charge in [0, 0.05) is 28.1 Å². The zero-order valence-corrected chi connectivity index (χ0v) is 22.1. The van der Waals surface area contributed by atoms with E-state index in [1.807, 2.05) is 41.8 Å². The fraction of sp³-hybridized carbons (Fsp3) is 0.207. The molecule has 4 aromatic rings. The van der Waals surface area contributed by atoms with Crippen molar-refractivity contribution in [2.45, 2.75) is 26.3 Å². The molecule has 0 radical (unpaired) electrons. The van der Waals surface area contributed by atoms with Crippen LogP contribution in [0.4, 0.5) is 0 Å². The van der Waals surface area contributed by atoms with Crippen LogP contribution in [-0.2, 0) is 4.79 Å². The molecule has 1 atom stereocenters. The van der Waals surface area contributed by atoms with Gasteiger partial charge in [-0.1, -0.05) is 29.8 Å². The first kappa shape index (κ1) is 26.1. The number of phenols is 1. The summed E-state index contributed by atoms with van der Waals surface area (Å²) in [5.41, 5.74) is 3.48. The summed E-state index contributed by atoms with van der Waals surface area (Å²) in [6.07, 6.45) is 0.186. The van der Waals surface area contributed by atoms with Gasteiger partial charge in [0.2, 0.25) is 0 Å². The van der Waals surface area contributed by atoms with Crippen molar-refractivity contribution in [3.05, 3.63) is 100 Å². The molecule has 1 amide bonds. The number of aromatic nitrogens is 3. The molecular formula is C29H26ClN5O4. The van der Waals surface area contributed by atoms with Gasteiger partial charge in [-0.15, -0.1) is 10.2 Å². The Kier molecular flexibility index (Phi) is 7.42. The van der Waals surface area contributed by atoms with Crippen molar-refractivity contribution in [1.82, 2.24) is 20.1 Å². The molecule has 39 heavy (non-hydrogen) atoms. The number of fused-ring (bicyclic) bond motifs is 3. The van der Waals surface area contributed by atoms with Crippen LogP contribution in [0.25, 0.3) is 5.69 Å². The van der Waals surface area contributed by atoms with E-state index in [1.54, 1.807) is 24.3 Å². The summed E-state index contributed by atoms with van der Waals surface area (Å²) >= 11 is 6.15. The molecular weight excluding hydrogens is 518 g/mol. The lowest BCUT2D eigenvalue weighted by molar-refractivity contribution is -0.117. The number of Topliss-reactive ketones (excluding diaryl/α,β-unsaturated/α-hetero) is 1. The highest BCUT2D eigenvalue weighted by atomic mass is 35.5. The fourth-order valence-corrected chi connectivity index (χ4v) is 4.62. The van der Waals surface area contributed by atoms with E-state index in [9.17, 15) is 14.7 Å². The van der Waals surface area contributed by atoms with Gasteiger partial charge in [-0.2, -0.15) is 0 Å². The largest absolute Gasteiger partial charge is 0.508 e. The van der Waals surface area contributed by atoms with Gasteiger partial charge in [0.15, 0.2) is 5.82 Å². The number of benzene rings is 3. The Morgan fingerprint density at radius 1 is 1.08 bits per heavy atom. The summed E-state index contributed by atoms with van der Waals surface area (Å²) in [5, 5.41) is 21.6. The monoisotopic (exact) mass is 543 g/mol. The minimum atomic E-state index is -0.515. The van der Waals surface area contributed by atoms with Gasteiger partial charge in [0.05, 0.1) is 17.9 Å². The van der Waals surface area contributed by atoms with Gasteiger partial charge in [-0.05, 0) is 62.4 Å². The number of phenolic OH excluding ortho intramolecular Hbond substituents is 1. The standard InChI is InChI=1S/C29H26ClN5O4/c1-17(36)14-25-28-34-33-18(2)35(28)26-11-10-23(16-24(26)27(32-25)19-6-8-21(30)9-7-19)39-13-12-31-29(38)20-4-3-5-22(37)15-20/h3-11,15-16,25,37H,12-14H2,1-2H3,(H,31,38)/t25-/m0/s1. The Hall–Kier alpha value is -4.50. The average Bonchev–Trinajstić information content (AvgIpc) is 3.24. The number of nitrogens with one attached hydrogen (secondary N) is 1. The zero-order valence-electron chi connectivity index (χ0n) is 21.4. The molecule has 0 aliphatic carbocycles. The summed E-state index contributed by atoms with van der Waals surface area (Å²) in [4.78, 5) is 29.5. The van der Waals surface area contributed by atoms with Crippen LogP contribution in [0.1, 0.15) is 52.5 Å². The quantitative estimate of drug-likeness (QED) is 0.313. The number of rotatable bonds is 8. The van der Waals surface area contributed by atoms with Crippen LogP contribution >= 0.6 is 11.6 Å². The normalized spacial score (nSPS) is 14.0. The zero-order chi connectivity index (χ0) is 27.5. The van der Waals surface area contributed by atoms with Crippen molar-refractivity contribution in [2.75, 3.05) is 13.2 Å². The van der Waals surface area contributed by atoms with E-state index >= 15 is 0 Å². The van der Waals surface area contributed by atoms with Gasteiger partial charge >= 0.3 is 0 Å². The van der Waals surface area contributed by atoms with E-state index in [4.69, 9.17) is 21.3 Å². The molecule has 0 bridgehead atoms. The van der Waals surface area contributed by atoms with Crippen LogP contribution < -0.4 is 10.1 Å². The van der Waals surface area contributed by atoms with Crippen molar-refractivity contribution < 1.29 is 19.4 Å². The number of ketones is 1. The number of ether oxygens (including phenoxy) is 1. The minimum absolute atomic E-state index is 0.00542. The smallest absolute Gasteiger partial charge is 0.251 e. The summed E-state index contributed by atoms with van der Waals surface area (Å²) in [5.74, 6) is 1.57. The van der Waals surface area contributed by atoms with E-state index in [1.165, 1.54) is 19.1 Å². The van der Waals surface area contributed by atoms with Crippen molar-refractivity contribution in [1.29, 1.82) is 0 Å². The van der Waals surface area contributed by atoms with E-state index < -0.39 is 6.04 Å². The topological polar surface area (TPSA) is 119 Å². The Balaban J connectivity index is 1.45. The molecule has 1 aromatic heterocycles. The molecule has 1 aliphatic rings. The third kappa shape index (κ3) is 5.68. The molecule has 9 nitrogen and oxygen atoms in total. The predicted molar refractivity (Wildman–Crippen MR) is 147 cm³/mol. The van der Waals surface area contributed by atoms with Crippen LogP contribution in [0.2, 0.25) is 5.02 Å². The maximum atomic E-state index is 12.4. The molecule has 5 rings (SSSR count). The molecule has 3 aromatic carbocycles.